The molecule has 3 N–H and O–H groups in total. The molecule has 9 nitrogen and oxygen atoms in total. The monoisotopic (exact) mass is 1420 g/mol. The molecule has 0 aliphatic carbocycles. The Kier molecular flexibility index (Phi) is 81.8. The standard InChI is InChI=1S/C90H162NO8P/c1-3-5-7-9-11-13-15-17-19-21-23-25-27-29-31-33-35-37-39-41-43-45-46-48-50-52-54-56-58-60-62-64-66-68-70-72-74-76-78-80-82-89(92)96-86-88(87-98-100(94,95)97-85-84-91)99-90(93)83-81-79-77-75-73-71-69-67-65-63-61-59-57-55-53-51-49-47-44-42-40-38-36-34-32-30-28-26-24-22-20-18-16-14-12-10-8-6-4-2/h6,8,12,14,18,20,24,26,30,32,36,38,42,44,49,51,55,57,88H,3-5,7,9-11,13,15-17,19,21-23,25,27-29,31,33-35,37,39-41,43,45-48,50,52-54,56,58-87,91H2,1-2H3,(H,94,95)/b8-6-,14-12-,20-18-,26-24-,32-30-,38-36-,44-42-,51-49-,57-55-. The van der Waals surface area contributed by atoms with Crippen LogP contribution in [0.4, 0.5) is 0 Å². The van der Waals surface area contributed by atoms with Gasteiger partial charge in [-0.15, -0.1) is 0 Å². The molecule has 10 heteroatoms. The van der Waals surface area contributed by atoms with E-state index >= 15 is 0 Å². The molecule has 0 aromatic heterocycles. The molecule has 2 atom stereocenters. The van der Waals surface area contributed by atoms with Crippen molar-refractivity contribution in [3.05, 3.63) is 109 Å². The highest BCUT2D eigenvalue weighted by atomic mass is 31.2. The molecule has 0 aliphatic heterocycles. The fourth-order valence-electron chi connectivity index (χ4n) is 12.6. The molecule has 0 bridgehead atoms. The third-order valence-corrected chi connectivity index (χ3v) is 19.9. The van der Waals surface area contributed by atoms with Gasteiger partial charge in [0, 0.05) is 19.4 Å². The maximum absolute atomic E-state index is 12.8. The number of unbranched alkanes of at least 4 members (excludes halogenated alkanes) is 50. The number of rotatable bonds is 81. The molecule has 0 aliphatic rings. The second kappa shape index (κ2) is 84.6. The zero-order valence-corrected chi connectivity index (χ0v) is 66.6. The summed E-state index contributed by atoms with van der Waals surface area (Å²) in [5, 5.41) is 0. The molecule has 0 rings (SSSR count). The van der Waals surface area contributed by atoms with Gasteiger partial charge in [-0.3, -0.25) is 18.6 Å². The average Bonchev–Trinajstić information content (AvgIpc) is 1.01. The number of phosphoric ester groups is 1. The third-order valence-electron chi connectivity index (χ3n) is 18.9. The molecule has 0 spiro atoms. The molecule has 0 saturated carbocycles. The smallest absolute Gasteiger partial charge is 0.462 e. The van der Waals surface area contributed by atoms with Gasteiger partial charge >= 0.3 is 19.8 Å². The van der Waals surface area contributed by atoms with Gasteiger partial charge < -0.3 is 20.1 Å². The first-order chi connectivity index (χ1) is 49.3. The van der Waals surface area contributed by atoms with Crippen LogP contribution in [-0.4, -0.2) is 49.3 Å². The van der Waals surface area contributed by atoms with Crippen LogP contribution in [0.5, 0.6) is 0 Å². The molecule has 100 heavy (non-hydrogen) atoms. The lowest BCUT2D eigenvalue weighted by Gasteiger charge is -2.19. The van der Waals surface area contributed by atoms with Gasteiger partial charge in [0.1, 0.15) is 6.61 Å². The van der Waals surface area contributed by atoms with Crippen LogP contribution in [0.1, 0.15) is 418 Å². The van der Waals surface area contributed by atoms with Gasteiger partial charge in [-0.25, -0.2) is 4.57 Å². The number of nitrogens with two attached hydrogens (primary N) is 1. The fourth-order valence-corrected chi connectivity index (χ4v) is 13.4. The molecule has 0 aromatic rings. The van der Waals surface area contributed by atoms with Crippen molar-refractivity contribution in [1.82, 2.24) is 0 Å². The Morgan fingerprint density at radius 2 is 0.550 bits per heavy atom. The van der Waals surface area contributed by atoms with E-state index < -0.39 is 26.5 Å². The van der Waals surface area contributed by atoms with Gasteiger partial charge in [0.25, 0.3) is 0 Å². The van der Waals surface area contributed by atoms with Crippen molar-refractivity contribution >= 4 is 19.8 Å². The van der Waals surface area contributed by atoms with Crippen LogP contribution in [0.15, 0.2) is 109 Å². The van der Waals surface area contributed by atoms with E-state index in [0.717, 1.165) is 103 Å². The minimum Gasteiger partial charge on any atom is -0.462 e. The molecule has 580 valence electrons. The first-order valence-corrected chi connectivity index (χ1v) is 44.4. The van der Waals surface area contributed by atoms with E-state index in [2.05, 4.69) is 123 Å². The van der Waals surface area contributed by atoms with Crippen LogP contribution < -0.4 is 5.73 Å². The molecule has 2 unspecified atom stereocenters. The number of carbonyl (C=O) groups excluding carboxylic acids is 2. The minimum absolute atomic E-state index is 0.0507. The lowest BCUT2D eigenvalue weighted by Crippen LogP contribution is -2.29. The Balaban J connectivity index is 3.79. The highest BCUT2D eigenvalue weighted by molar-refractivity contribution is 7.47. The largest absolute Gasteiger partial charge is 0.472 e. The van der Waals surface area contributed by atoms with Gasteiger partial charge in [-0.05, 0) is 83.5 Å². The van der Waals surface area contributed by atoms with Crippen LogP contribution in [0.2, 0.25) is 0 Å². The molecule has 0 radical (unpaired) electrons. The van der Waals surface area contributed by atoms with Crippen LogP contribution in [0.25, 0.3) is 0 Å². The van der Waals surface area contributed by atoms with Crippen molar-refractivity contribution in [3.8, 4) is 0 Å². The molecule has 0 amide bonds. The molecule has 0 saturated heterocycles. The van der Waals surface area contributed by atoms with Crippen LogP contribution in [0.3, 0.4) is 0 Å². The number of hydrogen-bond acceptors (Lipinski definition) is 8. The quantitative estimate of drug-likeness (QED) is 0.0264. The Bertz CT molecular complexity index is 2020. The summed E-state index contributed by atoms with van der Waals surface area (Å²) in [4.78, 5) is 35.5. The molecule has 0 aromatic carbocycles. The zero-order chi connectivity index (χ0) is 72.2. The van der Waals surface area contributed by atoms with Crippen LogP contribution in [0, 0.1) is 0 Å². The third kappa shape index (κ3) is 83.6. The summed E-state index contributed by atoms with van der Waals surface area (Å²) < 4.78 is 33.3. The Morgan fingerprint density at radius 1 is 0.310 bits per heavy atom. The predicted molar refractivity (Wildman–Crippen MR) is 436 cm³/mol. The molecule has 0 heterocycles. The van der Waals surface area contributed by atoms with E-state index in [-0.39, 0.29) is 38.6 Å². The first-order valence-electron chi connectivity index (χ1n) is 42.9. The highest BCUT2D eigenvalue weighted by Crippen LogP contribution is 2.43. The average molecular weight is 1420 g/mol. The SMILES string of the molecule is CC/C=C\C/C=C\C/C=C\C/C=C\C/C=C\C/C=C\C/C=C\C/C=C\C/C=C\CCCCCCCCCCCCCC(=O)OC(COC(=O)CCCCCCCCCCCCCCCCCCCCCCCCCCCCCCCCCCCCCCCCCC)COP(=O)(O)OCCN. The first kappa shape index (κ1) is 96.7. The maximum Gasteiger partial charge on any atom is 0.472 e. The normalized spacial score (nSPS) is 13.4. The van der Waals surface area contributed by atoms with Crippen molar-refractivity contribution in [2.45, 2.75) is 424 Å². The summed E-state index contributed by atoms with van der Waals surface area (Å²) in [6.45, 7) is 3.69. The van der Waals surface area contributed by atoms with Crippen molar-refractivity contribution in [1.29, 1.82) is 0 Å². The van der Waals surface area contributed by atoms with Gasteiger partial charge in [-0.1, -0.05) is 431 Å². The number of allylic oxidation sites excluding steroid dienone is 18. The van der Waals surface area contributed by atoms with Gasteiger partial charge in [-0.2, -0.15) is 0 Å². The van der Waals surface area contributed by atoms with Crippen LogP contribution >= 0.6 is 7.82 Å². The van der Waals surface area contributed by atoms with E-state index in [4.69, 9.17) is 24.3 Å². The molecular formula is C90H162NO8P. The summed E-state index contributed by atoms with van der Waals surface area (Å²) in [5.41, 5.74) is 5.42. The predicted octanol–water partition coefficient (Wildman–Crippen LogP) is 29.2. The van der Waals surface area contributed by atoms with Crippen molar-refractivity contribution in [2.75, 3.05) is 26.4 Å². The van der Waals surface area contributed by atoms with Crippen molar-refractivity contribution < 1.29 is 37.6 Å². The van der Waals surface area contributed by atoms with Gasteiger partial charge in [0.2, 0.25) is 0 Å². The minimum atomic E-state index is -4.40. The summed E-state index contributed by atoms with van der Waals surface area (Å²) in [6, 6.07) is 0. The van der Waals surface area contributed by atoms with Crippen LogP contribution in [-0.2, 0) is 32.7 Å². The molecule has 0 fully saturated rings. The van der Waals surface area contributed by atoms with Crippen molar-refractivity contribution in [3.63, 3.8) is 0 Å². The van der Waals surface area contributed by atoms with Gasteiger partial charge in [0.15, 0.2) is 6.10 Å². The second-order valence-electron chi connectivity index (χ2n) is 28.7. The summed E-state index contributed by atoms with van der Waals surface area (Å²) in [5.74, 6) is -0.817. The lowest BCUT2D eigenvalue weighted by molar-refractivity contribution is -0.161. The Hall–Kier alpha value is -3.33. The Morgan fingerprint density at radius 3 is 0.820 bits per heavy atom. The fraction of sp³-hybridized carbons (Fsp3) is 0.778. The number of hydrogen-bond donors (Lipinski definition) is 2. The topological polar surface area (TPSA) is 134 Å². The summed E-state index contributed by atoms with van der Waals surface area (Å²) >= 11 is 0. The zero-order valence-electron chi connectivity index (χ0n) is 65.7. The highest BCUT2D eigenvalue weighted by Gasteiger charge is 2.26. The van der Waals surface area contributed by atoms with E-state index in [1.807, 2.05) is 0 Å². The number of esters is 2. The lowest BCUT2D eigenvalue weighted by atomic mass is 10.0. The molecular weight excluding hydrogens is 1250 g/mol. The van der Waals surface area contributed by atoms with E-state index in [1.54, 1.807) is 0 Å². The summed E-state index contributed by atoms with van der Waals surface area (Å²) in [7, 11) is -4.40. The van der Waals surface area contributed by atoms with E-state index in [0.29, 0.717) is 6.42 Å². The van der Waals surface area contributed by atoms with Gasteiger partial charge in [0.05, 0.1) is 13.2 Å². The second-order valence-corrected chi connectivity index (χ2v) is 30.1. The number of carbonyl (C=O) groups is 2. The number of ether oxygens (including phenoxy) is 2. The van der Waals surface area contributed by atoms with E-state index in [9.17, 15) is 19.0 Å². The Labute approximate surface area is 619 Å². The number of phosphoric acid groups is 1. The van der Waals surface area contributed by atoms with Crippen molar-refractivity contribution in [2.24, 2.45) is 5.73 Å². The maximum atomic E-state index is 12.8. The van der Waals surface area contributed by atoms with E-state index in [1.165, 1.54) is 283 Å². The summed E-state index contributed by atoms with van der Waals surface area (Å²) in [6.07, 6.45) is 118.